The predicted molar refractivity (Wildman–Crippen MR) is 103 cm³/mol. The van der Waals surface area contributed by atoms with Crippen LogP contribution in [0.5, 0.6) is 0 Å². The lowest BCUT2D eigenvalue weighted by Crippen LogP contribution is -2.50. The van der Waals surface area contributed by atoms with Gasteiger partial charge in [-0.2, -0.15) is 0 Å². The number of rotatable bonds is 6. The summed E-state index contributed by atoms with van der Waals surface area (Å²) in [6.45, 7) is 4.48. The van der Waals surface area contributed by atoms with Crippen LogP contribution in [-0.2, 0) is 16.1 Å². The van der Waals surface area contributed by atoms with Crippen molar-refractivity contribution in [2.24, 2.45) is 0 Å². The molecule has 2 heterocycles. The molecule has 3 rings (SSSR count). The van der Waals surface area contributed by atoms with Crippen LogP contribution in [-0.4, -0.2) is 65.1 Å². The highest BCUT2D eigenvalue weighted by atomic mass is 16.3. The quantitative estimate of drug-likeness (QED) is 0.765. The van der Waals surface area contributed by atoms with Crippen molar-refractivity contribution in [1.29, 1.82) is 0 Å². The fourth-order valence-electron chi connectivity index (χ4n) is 3.28. The average Bonchev–Trinajstić information content (AvgIpc) is 3.26. The van der Waals surface area contributed by atoms with Crippen LogP contribution in [0.3, 0.4) is 0 Å². The minimum atomic E-state index is -0.160. The number of furan rings is 1. The molecule has 1 fully saturated rings. The minimum absolute atomic E-state index is 0.00116. The molecule has 0 bridgehead atoms. The molecule has 0 spiro atoms. The molecule has 0 saturated carbocycles. The van der Waals surface area contributed by atoms with Crippen molar-refractivity contribution < 1.29 is 18.8 Å². The van der Waals surface area contributed by atoms with Gasteiger partial charge >= 0.3 is 0 Å². The van der Waals surface area contributed by atoms with Crippen LogP contribution in [0.25, 0.3) is 0 Å². The Hall–Kier alpha value is -3.09. The van der Waals surface area contributed by atoms with Crippen molar-refractivity contribution >= 4 is 17.7 Å². The highest BCUT2D eigenvalue weighted by molar-refractivity contribution is 5.94. The molecule has 1 aliphatic heterocycles. The molecule has 28 heavy (non-hydrogen) atoms. The number of amides is 3. The lowest BCUT2D eigenvalue weighted by molar-refractivity contribution is -0.138. The average molecular weight is 383 g/mol. The summed E-state index contributed by atoms with van der Waals surface area (Å²) in [6.07, 6.45) is 3.13. The maximum atomic E-state index is 12.8. The summed E-state index contributed by atoms with van der Waals surface area (Å²) in [6, 6.07) is 11.3. The van der Waals surface area contributed by atoms with Gasteiger partial charge in [0.05, 0.1) is 11.8 Å². The zero-order valence-electron chi connectivity index (χ0n) is 16.0. The normalized spacial score (nSPS) is 14.0. The van der Waals surface area contributed by atoms with Gasteiger partial charge in [0.15, 0.2) is 0 Å². The van der Waals surface area contributed by atoms with Crippen LogP contribution in [0.1, 0.15) is 29.3 Å². The van der Waals surface area contributed by atoms with E-state index in [1.807, 2.05) is 30.3 Å². The summed E-state index contributed by atoms with van der Waals surface area (Å²) in [5, 5.41) is 0. The van der Waals surface area contributed by atoms with Crippen molar-refractivity contribution in [1.82, 2.24) is 14.7 Å². The van der Waals surface area contributed by atoms with E-state index >= 15 is 0 Å². The molecular weight excluding hydrogens is 358 g/mol. The van der Waals surface area contributed by atoms with E-state index in [1.54, 1.807) is 27.7 Å². The first-order valence-corrected chi connectivity index (χ1v) is 9.43. The minimum Gasteiger partial charge on any atom is -0.472 e. The Morgan fingerprint density at radius 3 is 2.29 bits per heavy atom. The number of carbonyl (C=O) groups excluding carboxylic acids is 3. The van der Waals surface area contributed by atoms with Gasteiger partial charge in [-0.25, -0.2) is 0 Å². The van der Waals surface area contributed by atoms with Crippen molar-refractivity contribution in [3.8, 4) is 0 Å². The number of benzene rings is 1. The Bertz CT molecular complexity index is 796. The van der Waals surface area contributed by atoms with E-state index in [9.17, 15) is 14.4 Å². The molecule has 1 aromatic heterocycles. The molecule has 3 amide bonds. The van der Waals surface area contributed by atoms with Gasteiger partial charge in [-0.1, -0.05) is 30.3 Å². The summed E-state index contributed by atoms with van der Waals surface area (Å²) < 4.78 is 5.03. The largest absolute Gasteiger partial charge is 0.472 e. The van der Waals surface area contributed by atoms with E-state index in [-0.39, 0.29) is 24.1 Å². The van der Waals surface area contributed by atoms with Crippen molar-refractivity contribution in [3.05, 3.63) is 60.1 Å². The van der Waals surface area contributed by atoms with Crippen molar-refractivity contribution in [2.75, 3.05) is 32.7 Å². The van der Waals surface area contributed by atoms with Gasteiger partial charge in [-0.05, 0) is 11.6 Å². The van der Waals surface area contributed by atoms with Crippen LogP contribution < -0.4 is 0 Å². The molecule has 0 atom stereocenters. The van der Waals surface area contributed by atoms with E-state index in [0.717, 1.165) is 5.56 Å². The zero-order chi connectivity index (χ0) is 19.9. The van der Waals surface area contributed by atoms with Gasteiger partial charge < -0.3 is 19.1 Å². The summed E-state index contributed by atoms with van der Waals surface area (Å²) in [4.78, 5) is 42.0. The third kappa shape index (κ3) is 5.00. The fraction of sp³-hybridized carbons (Fsp3) is 0.381. The molecule has 1 aliphatic rings. The Labute approximate surface area is 164 Å². The van der Waals surface area contributed by atoms with Gasteiger partial charge in [-0.15, -0.1) is 0 Å². The second-order valence-electron chi connectivity index (χ2n) is 6.86. The second-order valence-corrected chi connectivity index (χ2v) is 6.86. The Morgan fingerprint density at radius 1 is 1.00 bits per heavy atom. The maximum absolute atomic E-state index is 12.8. The Kier molecular flexibility index (Phi) is 6.47. The Morgan fingerprint density at radius 2 is 1.68 bits per heavy atom. The number of hydrogen-bond donors (Lipinski definition) is 0. The molecule has 1 saturated heterocycles. The van der Waals surface area contributed by atoms with Crippen molar-refractivity contribution in [3.63, 3.8) is 0 Å². The standard InChI is InChI=1S/C21H25N3O4/c1-17(25)22-10-12-23(13-11-22)20(26)7-9-24(15-18-5-3-2-4-6-18)21(27)19-8-14-28-16-19/h2-6,8,14,16H,7,9-13,15H2,1H3. The van der Waals surface area contributed by atoms with E-state index in [2.05, 4.69) is 0 Å². The highest BCUT2D eigenvalue weighted by Gasteiger charge is 2.24. The summed E-state index contributed by atoms with van der Waals surface area (Å²) in [5.74, 6) is -0.125. The monoisotopic (exact) mass is 383 g/mol. The number of carbonyl (C=O) groups is 3. The van der Waals surface area contributed by atoms with Gasteiger partial charge in [0.1, 0.15) is 6.26 Å². The van der Waals surface area contributed by atoms with Crippen LogP contribution >= 0.6 is 0 Å². The highest BCUT2D eigenvalue weighted by Crippen LogP contribution is 2.12. The van der Waals surface area contributed by atoms with E-state index < -0.39 is 0 Å². The number of nitrogens with zero attached hydrogens (tertiary/aromatic N) is 3. The zero-order valence-corrected chi connectivity index (χ0v) is 16.0. The Balaban J connectivity index is 1.60. The number of hydrogen-bond acceptors (Lipinski definition) is 4. The SMILES string of the molecule is CC(=O)N1CCN(C(=O)CCN(Cc2ccccc2)C(=O)c2ccoc2)CC1. The van der Waals surface area contributed by atoms with E-state index in [0.29, 0.717) is 44.8 Å². The molecule has 0 N–H and O–H groups in total. The third-order valence-electron chi connectivity index (χ3n) is 4.94. The summed E-state index contributed by atoms with van der Waals surface area (Å²) in [5.41, 5.74) is 1.47. The lowest BCUT2D eigenvalue weighted by atomic mass is 10.2. The summed E-state index contributed by atoms with van der Waals surface area (Å²) in [7, 11) is 0. The van der Waals surface area contributed by atoms with Gasteiger partial charge in [0.25, 0.3) is 5.91 Å². The van der Waals surface area contributed by atoms with Crippen molar-refractivity contribution in [2.45, 2.75) is 19.9 Å². The first kappa shape index (κ1) is 19.7. The predicted octanol–water partition coefficient (Wildman–Crippen LogP) is 2.00. The molecule has 7 nitrogen and oxygen atoms in total. The maximum Gasteiger partial charge on any atom is 0.257 e. The number of piperazine rings is 1. The van der Waals surface area contributed by atoms with Crippen LogP contribution in [0.2, 0.25) is 0 Å². The first-order chi connectivity index (χ1) is 13.5. The lowest BCUT2D eigenvalue weighted by Gasteiger charge is -2.34. The molecule has 0 radical (unpaired) electrons. The topological polar surface area (TPSA) is 74.1 Å². The molecular formula is C21H25N3O4. The molecule has 2 aromatic rings. The third-order valence-corrected chi connectivity index (χ3v) is 4.94. The fourth-order valence-corrected chi connectivity index (χ4v) is 3.28. The van der Waals surface area contributed by atoms with Gasteiger partial charge in [0.2, 0.25) is 11.8 Å². The smallest absolute Gasteiger partial charge is 0.257 e. The molecule has 148 valence electrons. The molecule has 1 aromatic carbocycles. The second kappa shape index (κ2) is 9.21. The molecule has 7 heteroatoms. The van der Waals surface area contributed by atoms with Crippen LogP contribution in [0.15, 0.2) is 53.3 Å². The van der Waals surface area contributed by atoms with E-state index in [4.69, 9.17) is 4.42 Å². The molecule has 0 aliphatic carbocycles. The van der Waals surface area contributed by atoms with Crippen LogP contribution in [0, 0.1) is 0 Å². The first-order valence-electron chi connectivity index (χ1n) is 9.43. The van der Waals surface area contributed by atoms with Gasteiger partial charge in [0, 0.05) is 52.6 Å². The van der Waals surface area contributed by atoms with Crippen LogP contribution in [0.4, 0.5) is 0 Å². The summed E-state index contributed by atoms with van der Waals surface area (Å²) >= 11 is 0. The van der Waals surface area contributed by atoms with E-state index in [1.165, 1.54) is 12.5 Å². The molecule has 0 unspecified atom stereocenters. The van der Waals surface area contributed by atoms with Gasteiger partial charge in [-0.3, -0.25) is 14.4 Å².